The summed E-state index contributed by atoms with van der Waals surface area (Å²) in [5.74, 6) is 0. The van der Waals surface area contributed by atoms with Crippen molar-refractivity contribution in [3.63, 3.8) is 0 Å². The SMILES string of the molecule is CC(C)(C)c1cc2c3c(c1)[Se]c1ccc(-n4c5c(c6ccccc64)CCCC5)cc1B3c1ccc(-n3c4c(c5ccccc53)CCCC4)cc1[Se]2. The molecule has 7 aromatic rings. The Labute approximate surface area is 314 Å². The van der Waals surface area contributed by atoms with Crippen LogP contribution in [-0.2, 0) is 31.1 Å². The summed E-state index contributed by atoms with van der Waals surface area (Å²) in [5.41, 5.74) is 18.0. The van der Waals surface area contributed by atoms with Crippen LogP contribution in [-0.4, -0.2) is 45.8 Å². The summed E-state index contributed by atoms with van der Waals surface area (Å²) in [4.78, 5) is 0. The van der Waals surface area contributed by atoms with Crippen LogP contribution in [0.15, 0.2) is 97.1 Å². The third-order valence-corrected chi connectivity index (χ3v) is 17.0. The van der Waals surface area contributed by atoms with Crippen molar-refractivity contribution in [1.82, 2.24) is 9.13 Å². The van der Waals surface area contributed by atoms with E-state index in [0.717, 1.165) is 0 Å². The van der Waals surface area contributed by atoms with Crippen molar-refractivity contribution in [2.45, 2.75) is 77.6 Å². The normalized spacial score (nSPS) is 16.1. The summed E-state index contributed by atoms with van der Waals surface area (Å²) in [6, 6.07) is 38.7. The molecule has 4 aliphatic rings. The number of nitrogens with zero attached hydrogens (tertiary/aromatic N) is 2. The predicted molar refractivity (Wildman–Crippen MR) is 220 cm³/mol. The molecule has 0 radical (unpaired) electrons. The molecule has 2 nitrogen and oxygen atoms in total. The van der Waals surface area contributed by atoms with Gasteiger partial charge < -0.3 is 0 Å². The first-order valence-electron chi connectivity index (χ1n) is 19.0. The van der Waals surface area contributed by atoms with Gasteiger partial charge in [0, 0.05) is 0 Å². The minimum atomic E-state index is 0.122. The molecule has 51 heavy (non-hydrogen) atoms. The van der Waals surface area contributed by atoms with Crippen LogP contribution >= 0.6 is 0 Å². The standard InChI is InChI=1S/C46H41BN2Se2/c1-46(2,3)28-24-43-45-44(25-28)51-42-27-30(49-39-18-10-6-14-33(39)34-15-7-11-19-40(34)49)20-22-35(42)47(45)36-26-29(21-23-41(36)50-43)48-37-16-8-4-12-31(37)32-13-5-9-17-38(32)48/h4,6,8,10,12,14,16,18,20-27H,5,7,9,11,13,15,17,19H2,1-3H3. The maximum atomic E-state index is 2.63. The number of hydrogen-bond acceptors (Lipinski definition) is 0. The van der Waals surface area contributed by atoms with E-state index in [4.69, 9.17) is 0 Å². The molecule has 0 atom stereocenters. The van der Waals surface area contributed by atoms with E-state index in [1.54, 1.807) is 51.3 Å². The van der Waals surface area contributed by atoms with Crippen LogP contribution in [0.5, 0.6) is 0 Å². The number of rotatable bonds is 2. The third-order valence-electron chi connectivity index (χ3n) is 12.2. The van der Waals surface area contributed by atoms with Gasteiger partial charge in [-0.3, -0.25) is 0 Å². The third kappa shape index (κ3) is 4.61. The Kier molecular flexibility index (Phi) is 6.89. The number of aromatic nitrogens is 2. The summed E-state index contributed by atoms with van der Waals surface area (Å²) in [7, 11) is 0. The van der Waals surface area contributed by atoms with Crippen LogP contribution < -0.4 is 34.2 Å². The fourth-order valence-electron chi connectivity index (χ4n) is 9.77. The van der Waals surface area contributed by atoms with Gasteiger partial charge in [0.05, 0.1) is 0 Å². The zero-order chi connectivity index (χ0) is 34.0. The molecule has 0 spiro atoms. The summed E-state index contributed by atoms with van der Waals surface area (Å²) in [5, 5.41) is 2.91. The van der Waals surface area contributed by atoms with Crippen LogP contribution in [0.1, 0.15) is 74.5 Å². The van der Waals surface area contributed by atoms with E-state index in [2.05, 4.69) is 127 Å². The van der Waals surface area contributed by atoms with Crippen molar-refractivity contribution in [2.75, 3.05) is 0 Å². The second-order valence-electron chi connectivity index (χ2n) is 16.2. The molecule has 0 amide bonds. The van der Waals surface area contributed by atoms with E-state index in [9.17, 15) is 0 Å². The van der Waals surface area contributed by atoms with Gasteiger partial charge in [-0.25, -0.2) is 0 Å². The van der Waals surface area contributed by atoms with Crippen LogP contribution in [0.4, 0.5) is 0 Å². The molecule has 250 valence electrons. The fourth-order valence-corrected chi connectivity index (χ4v) is 15.2. The van der Waals surface area contributed by atoms with Crippen LogP contribution in [0.3, 0.4) is 0 Å². The topological polar surface area (TPSA) is 9.86 Å². The van der Waals surface area contributed by atoms with E-state index in [0.29, 0.717) is 0 Å². The van der Waals surface area contributed by atoms with Crippen LogP contribution in [0, 0.1) is 0 Å². The Morgan fingerprint density at radius 3 is 1.71 bits per heavy atom. The summed E-state index contributed by atoms with van der Waals surface area (Å²) < 4.78 is 11.6. The summed E-state index contributed by atoms with van der Waals surface area (Å²) in [6.45, 7) is 7.44. The quantitative estimate of drug-likeness (QED) is 0.217. The van der Waals surface area contributed by atoms with Gasteiger partial charge in [0.25, 0.3) is 0 Å². The van der Waals surface area contributed by atoms with Crippen molar-refractivity contribution in [3.05, 3.63) is 125 Å². The summed E-state index contributed by atoms with van der Waals surface area (Å²) >= 11 is 0.529. The molecule has 2 aliphatic carbocycles. The van der Waals surface area contributed by atoms with Crippen LogP contribution in [0.2, 0.25) is 0 Å². The Hall–Kier alpha value is -3.72. The van der Waals surface area contributed by atoms with Crippen molar-refractivity contribution in [2.24, 2.45) is 0 Å². The van der Waals surface area contributed by atoms with Crippen molar-refractivity contribution in [1.29, 1.82) is 0 Å². The average Bonchev–Trinajstić information content (AvgIpc) is 3.67. The molecule has 0 fully saturated rings. The van der Waals surface area contributed by atoms with E-state index in [1.165, 1.54) is 95.6 Å². The number of para-hydroxylation sites is 2. The maximum absolute atomic E-state index is 2.63. The van der Waals surface area contributed by atoms with Gasteiger partial charge in [-0.15, -0.1) is 0 Å². The molecule has 2 aromatic heterocycles. The molecule has 4 heterocycles. The van der Waals surface area contributed by atoms with Gasteiger partial charge in [-0.05, 0) is 0 Å². The molecule has 0 saturated carbocycles. The first-order valence-corrected chi connectivity index (χ1v) is 22.4. The minimum absolute atomic E-state index is 0.122. The molecular weight excluding hydrogens is 749 g/mol. The number of aryl methyl sites for hydroxylation is 2. The van der Waals surface area contributed by atoms with Crippen LogP contribution in [0.25, 0.3) is 33.2 Å². The molecule has 0 bridgehead atoms. The molecule has 2 aliphatic heterocycles. The van der Waals surface area contributed by atoms with E-state index in [-0.39, 0.29) is 42.0 Å². The number of hydrogen-bond donors (Lipinski definition) is 0. The zero-order valence-corrected chi connectivity index (χ0v) is 33.1. The number of benzene rings is 5. The first-order chi connectivity index (χ1) is 24.9. The van der Waals surface area contributed by atoms with E-state index in [1.807, 2.05) is 0 Å². The van der Waals surface area contributed by atoms with Gasteiger partial charge in [0.1, 0.15) is 0 Å². The average molecular weight is 791 g/mol. The fraction of sp³-hybridized carbons (Fsp3) is 0.261. The van der Waals surface area contributed by atoms with Gasteiger partial charge in [0.2, 0.25) is 0 Å². The number of fused-ring (bicyclic) bond motifs is 10. The Balaban J connectivity index is 1.13. The van der Waals surface area contributed by atoms with E-state index < -0.39 is 0 Å². The molecule has 0 unspecified atom stereocenters. The second-order valence-corrected chi connectivity index (χ2v) is 20.7. The molecule has 0 N–H and O–H groups in total. The van der Waals surface area contributed by atoms with E-state index >= 15 is 0 Å². The van der Waals surface area contributed by atoms with Gasteiger partial charge in [0.15, 0.2) is 0 Å². The van der Waals surface area contributed by atoms with Crippen molar-refractivity contribution < 1.29 is 0 Å². The predicted octanol–water partition coefficient (Wildman–Crippen LogP) is 5.08. The Morgan fingerprint density at radius 2 is 1.08 bits per heavy atom. The first kappa shape index (κ1) is 30.9. The molecular formula is C46H41BN2Se2. The van der Waals surface area contributed by atoms with Gasteiger partial charge >= 0.3 is 316 Å². The summed E-state index contributed by atoms with van der Waals surface area (Å²) in [6.07, 6.45) is 9.91. The molecule has 0 saturated heterocycles. The van der Waals surface area contributed by atoms with Gasteiger partial charge in [-0.2, -0.15) is 0 Å². The zero-order valence-electron chi connectivity index (χ0n) is 29.7. The Morgan fingerprint density at radius 1 is 0.529 bits per heavy atom. The van der Waals surface area contributed by atoms with Crippen molar-refractivity contribution in [3.8, 4) is 11.4 Å². The molecule has 5 heteroatoms. The van der Waals surface area contributed by atoms with Crippen molar-refractivity contribution >= 4 is 92.7 Å². The molecule has 5 aromatic carbocycles. The monoisotopic (exact) mass is 792 g/mol. The van der Waals surface area contributed by atoms with Gasteiger partial charge in [-0.1, -0.05) is 0 Å². The second kappa shape index (κ2) is 11.4. The Bertz CT molecular complexity index is 2600. The molecule has 11 rings (SSSR count).